The Kier molecular flexibility index (Phi) is 4.80. The van der Waals surface area contributed by atoms with E-state index in [1.807, 2.05) is 27.7 Å². The molecule has 0 aliphatic heterocycles. The number of hydrogen-bond donors (Lipinski definition) is 1. The lowest BCUT2D eigenvalue weighted by atomic mass is 10.1. The van der Waals surface area contributed by atoms with E-state index in [1.54, 1.807) is 0 Å². The number of sulfonamides is 1. The zero-order valence-corrected chi connectivity index (χ0v) is 14.1. The molecule has 21 heavy (non-hydrogen) atoms. The highest BCUT2D eigenvalue weighted by Crippen LogP contribution is 2.20. The SMILES string of the molecule is CCc1ncc(S(=O)(=O)NC(C)Cc2c(C)noc2C)s1. The van der Waals surface area contributed by atoms with Crippen LogP contribution in [-0.4, -0.2) is 24.6 Å². The van der Waals surface area contributed by atoms with Gasteiger partial charge in [0.05, 0.1) is 16.9 Å². The first-order chi connectivity index (χ1) is 9.83. The first-order valence-corrected chi connectivity index (χ1v) is 9.02. The van der Waals surface area contributed by atoms with E-state index >= 15 is 0 Å². The molecule has 6 nitrogen and oxygen atoms in total. The highest BCUT2D eigenvalue weighted by Gasteiger charge is 2.22. The third kappa shape index (κ3) is 3.69. The van der Waals surface area contributed by atoms with Gasteiger partial charge in [-0.3, -0.25) is 0 Å². The first-order valence-electron chi connectivity index (χ1n) is 6.72. The van der Waals surface area contributed by atoms with Crippen molar-refractivity contribution in [3.05, 3.63) is 28.2 Å². The van der Waals surface area contributed by atoms with E-state index in [2.05, 4.69) is 14.9 Å². The van der Waals surface area contributed by atoms with E-state index in [0.717, 1.165) is 28.4 Å². The van der Waals surface area contributed by atoms with Gasteiger partial charge in [0.25, 0.3) is 10.0 Å². The molecule has 1 unspecified atom stereocenters. The maximum Gasteiger partial charge on any atom is 0.251 e. The second kappa shape index (κ2) is 6.25. The number of nitrogens with zero attached hydrogens (tertiary/aromatic N) is 2. The first kappa shape index (κ1) is 16.1. The van der Waals surface area contributed by atoms with Gasteiger partial charge >= 0.3 is 0 Å². The lowest BCUT2D eigenvalue weighted by Crippen LogP contribution is -2.33. The molecule has 0 amide bonds. The van der Waals surface area contributed by atoms with Crippen LogP contribution in [0.25, 0.3) is 0 Å². The van der Waals surface area contributed by atoms with Gasteiger partial charge in [0, 0.05) is 11.6 Å². The second-order valence-corrected chi connectivity index (χ2v) is 8.01. The molecule has 116 valence electrons. The highest BCUT2D eigenvalue weighted by atomic mass is 32.2. The van der Waals surface area contributed by atoms with Crippen LogP contribution in [0.1, 0.15) is 35.9 Å². The minimum atomic E-state index is -3.52. The fourth-order valence-electron chi connectivity index (χ4n) is 2.05. The topological polar surface area (TPSA) is 85.1 Å². The molecule has 0 saturated heterocycles. The molecule has 8 heteroatoms. The summed E-state index contributed by atoms with van der Waals surface area (Å²) in [6, 6.07) is -0.251. The van der Waals surface area contributed by atoms with Crippen LogP contribution in [0, 0.1) is 13.8 Å². The van der Waals surface area contributed by atoms with Crippen molar-refractivity contribution in [3.8, 4) is 0 Å². The molecule has 0 spiro atoms. The van der Waals surface area contributed by atoms with Gasteiger partial charge < -0.3 is 4.52 Å². The van der Waals surface area contributed by atoms with Gasteiger partial charge in [-0.25, -0.2) is 18.1 Å². The Morgan fingerprint density at radius 1 is 1.43 bits per heavy atom. The van der Waals surface area contributed by atoms with Crippen molar-refractivity contribution in [1.29, 1.82) is 0 Å². The summed E-state index contributed by atoms with van der Waals surface area (Å²) in [7, 11) is -3.52. The molecule has 0 aromatic carbocycles. The maximum absolute atomic E-state index is 12.3. The lowest BCUT2D eigenvalue weighted by molar-refractivity contribution is 0.392. The number of hydrogen-bond acceptors (Lipinski definition) is 6. The average Bonchev–Trinajstić information content (AvgIpc) is 3.00. The minimum absolute atomic E-state index is 0.251. The summed E-state index contributed by atoms with van der Waals surface area (Å²) in [6.45, 7) is 7.45. The largest absolute Gasteiger partial charge is 0.361 e. The van der Waals surface area contributed by atoms with Gasteiger partial charge in [0.15, 0.2) is 4.21 Å². The molecule has 0 bridgehead atoms. The van der Waals surface area contributed by atoms with Crippen LogP contribution in [0.15, 0.2) is 14.9 Å². The molecule has 0 fully saturated rings. The fraction of sp³-hybridized carbons (Fsp3) is 0.538. The number of thiazole rings is 1. The van der Waals surface area contributed by atoms with E-state index in [9.17, 15) is 8.42 Å². The maximum atomic E-state index is 12.3. The Balaban J connectivity index is 2.09. The summed E-state index contributed by atoms with van der Waals surface area (Å²) in [4.78, 5) is 4.09. The van der Waals surface area contributed by atoms with Crippen molar-refractivity contribution >= 4 is 21.4 Å². The van der Waals surface area contributed by atoms with Crippen LogP contribution in [0.4, 0.5) is 0 Å². The standard InChI is InChI=1S/C13H19N3O3S2/c1-5-12-14-7-13(20-12)21(17,18)16-8(2)6-11-9(3)15-19-10(11)4/h7-8,16H,5-6H2,1-4H3. The zero-order valence-electron chi connectivity index (χ0n) is 12.5. The van der Waals surface area contributed by atoms with Crippen LogP contribution >= 0.6 is 11.3 Å². The Hall–Kier alpha value is -1.25. The van der Waals surface area contributed by atoms with Crippen LogP contribution in [0.3, 0.4) is 0 Å². The van der Waals surface area contributed by atoms with E-state index in [0.29, 0.717) is 6.42 Å². The Labute approximate surface area is 128 Å². The molecule has 0 radical (unpaired) electrons. The van der Waals surface area contributed by atoms with Crippen molar-refractivity contribution in [3.63, 3.8) is 0 Å². The smallest absolute Gasteiger partial charge is 0.251 e. The van der Waals surface area contributed by atoms with Crippen LogP contribution in [0.5, 0.6) is 0 Å². The predicted octanol–water partition coefficient (Wildman–Crippen LogP) is 2.22. The molecule has 2 aromatic rings. The molecular formula is C13H19N3O3S2. The van der Waals surface area contributed by atoms with E-state index in [1.165, 1.54) is 17.5 Å². The summed E-state index contributed by atoms with van der Waals surface area (Å²) in [5, 5.41) is 4.69. The van der Waals surface area contributed by atoms with Crippen LogP contribution in [-0.2, 0) is 22.9 Å². The molecular weight excluding hydrogens is 310 g/mol. The quantitative estimate of drug-likeness (QED) is 0.878. The molecule has 1 atom stereocenters. The monoisotopic (exact) mass is 329 g/mol. The Morgan fingerprint density at radius 3 is 2.67 bits per heavy atom. The second-order valence-electron chi connectivity index (χ2n) is 4.96. The van der Waals surface area contributed by atoms with Crippen LogP contribution in [0.2, 0.25) is 0 Å². The molecule has 2 heterocycles. The number of aromatic nitrogens is 2. The summed E-state index contributed by atoms with van der Waals surface area (Å²) in [5.41, 5.74) is 1.74. The van der Waals surface area contributed by atoms with Crippen molar-refractivity contribution < 1.29 is 12.9 Å². The van der Waals surface area contributed by atoms with Gasteiger partial charge in [-0.05, 0) is 33.6 Å². The zero-order chi connectivity index (χ0) is 15.6. The fourth-order valence-corrected chi connectivity index (χ4v) is 4.43. The summed E-state index contributed by atoms with van der Waals surface area (Å²) in [5.74, 6) is 0.726. The molecule has 1 N–H and O–H groups in total. The summed E-state index contributed by atoms with van der Waals surface area (Å²) >= 11 is 1.20. The van der Waals surface area contributed by atoms with Crippen LogP contribution < -0.4 is 4.72 Å². The van der Waals surface area contributed by atoms with E-state index in [-0.39, 0.29) is 10.3 Å². The van der Waals surface area contributed by atoms with Gasteiger partial charge in [-0.15, -0.1) is 11.3 Å². The third-order valence-corrected chi connectivity index (χ3v) is 6.34. The molecule has 0 aliphatic rings. The van der Waals surface area contributed by atoms with E-state index < -0.39 is 10.0 Å². The highest BCUT2D eigenvalue weighted by molar-refractivity contribution is 7.91. The van der Waals surface area contributed by atoms with Crippen molar-refractivity contribution in [1.82, 2.24) is 14.9 Å². The number of rotatable bonds is 6. The average molecular weight is 329 g/mol. The van der Waals surface area contributed by atoms with Gasteiger partial charge in [0.1, 0.15) is 5.76 Å². The molecule has 2 rings (SSSR count). The minimum Gasteiger partial charge on any atom is -0.361 e. The number of nitrogens with one attached hydrogen (secondary N) is 1. The predicted molar refractivity (Wildman–Crippen MR) is 81.0 cm³/mol. The van der Waals surface area contributed by atoms with Crippen molar-refractivity contribution in [2.24, 2.45) is 0 Å². The Morgan fingerprint density at radius 2 is 2.14 bits per heavy atom. The number of aryl methyl sites for hydroxylation is 3. The third-order valence-electron chi connectivity index (χ3n) is 3.15. The Bertz CT molecular complexity index is 699. The van der Waals surface area contributed by atoms with E-state index in [4.69, 9.17) is 4.52 Å². The van der Waals surface area contributed by atoms with Crippen molar-refractivity contribution in [2.75, 3.05) is 0 Å². The van der Waals surface area contributed by atoms with Gasteiger partial charge in [-0.1, -0.05) is 12.1 Å². The van der Waals surface area contributed by atoms with Crippen molar-refractivity contribution in [2.45, 2.75) is 50.8 Å². The summed E-state index contributed by atoms with van der Waals surface area (Å²) < 4.78 is 32.6. The molecule has 2 aromatic heterocycles. The molecule has 0 saturated carbocycles. The van der Waals surface area contributed by atoms with Gasteiger partial charge in [0.2, 0.25) is 0 Å². The normalized spacial score (nSPS) is 13.5. The van der Waals surface area contributed by atoms with Gasteiger partial charge in [-0.2, -0.15) is 0 Å². The lowest BCUT2D eigenvalue weighted by Gasteiger charge is -2.12. The molecule has 0 aliphatic carbocycles. The summed E-state index contributed by atoms with van der Waals surface area (Å²) in [6.07, 6.45) is 2.68.